The summed E-state index contributed by atoms with van der Waals surface area (Å²) in [5.41, 5.74) is 1.46. The van der Waals surface area contributed by atoms with E-state index in [0.29, 0.717) is 11.5 Å². The summed E-state index contributed by atoms with van der Waals surface area (Å²) in [6, 6.07) is 6.23. The molecular weight excluding hydrogens is 302 g/mol. The number of hydrogen-bond donors (Lipinski definition) is 2. The standard InChI is InChI=1S/C15H15N3O3S/c1-10(22)16-7-13-4-2-11(6-17-13)8-18-9-12(15(20)21)3-5-14(18)19/h2-6,9H,7-8H2,1H3,(H,16,22)(H,20,21). The third kappa shape index (κ3) is 4.23. The number of aromatic carboxylic acids is 1. The Morgan fingerprint density at radius 3 is 2.73 bits per heavy atom. The van der Waals surface area contributed by atoms with E-state index in [0.717, 1.165) is 11.3 Å². The van der Waals surface area contributed by atoms with Crippen molar-refractivity contribution in [1.29, 1.82) is 0 Å². The van der Waals surface area contributed by atoms with Gasteiger partial charge in [-0.05, 0) is 24.6 Å². The van der Waals surface area contributed by atoms with E-state index in [4.69, 9.17) is 17.3 Å². The van der Waals surface area contributed by atoms with Crippen molar-refractivity contribution in [3.05, 3.63) is 63.8 Å². The molecule has 6 nitrogen and oxygen atoms in total. The molecule has 0 aromatic carbocycles. The van der Waals surface area contributed by atoms with Crippen molar-refractivity contribution in [3.63, 3.8) is 0 Å². The summed E-state index contributed by atoms with van der Waals surface area (Å²) in [6.07, 6.45) is 2.99. The second kappa shape index (κ2) is 6.95. The number of aromatic nitrogens is 2. The summed E-state index contributed by atoms with van der Waals surface area (Å²) in [6.45, 7) is 2.61. The summed E-state index contributed by atoms with van der Waals surface area (Å²) in [5, 5.41) is 12.0. The zero-order chi connectivity index (χ0) is 16.1. The van der Waals surface area contributed by atoms with Gasteiger partial charge in [0.15, 0.2) is 0 Å². The van der Waals surface area contributed by atoms with Crippen LogP contribution in [-0.2, 0) is 13.1 Å². The Morgan fingerprint density at radius 1 is 1.36 bits per heavy atom. The summed E-state index contributed by atoms with van der Waals surface area (Å²) in [4.78, 5) is 27.7. The van der Waals surface area contributed by atoms with Crippen LogP contribution in [0.4, 0.5) is 0 Å². The molecule has 2 N–H and O–H groups in total. The summed E-state index contributed by atoms with van der Waals surface area (Å²) < 4.78 is 1.35. The summed E-state index contributed by atoms with van der Waals surface area (Å²) in [7, 11) is 0. The Kier molecular flexibility index (Phi) is 5.00. The molecule has 0 radical (unpaired) electrons. The topological polar surface area (TPSA) is 84.2 Å². The van der Waals surface area contributed by atoms with Gasteiger partial charge >= 0.3 is 5.97 Å². The van der Waals surface area contributed by atoms with Crippen LogP contribution in [0.25, 0.3) is 0 Å². The fourth-order valence-corrected chi connectivity index (χ4v) is 1.92. The Bertz CT molecular complexity index is 753. The van der Waals surface area contributed by atoms with Crippen molar-refractivity contribution in [2.45, 2.75) is 20.0 Å². The minimum Gasteiger partial charge on any atom is -0.478 e. The van der Waals surface area contributed by atoms with Crippen molar-refractivity contribution < 1.29 is 9.90 Å². The van der Waals surface area contributed by atoms with E-state index < -0.39 is 5.97 Å². The highest BCUT2D eigenvalue weighted by molar-refractivity contribution is 7.80. The second-order valence-corrected chi connectivity index (χ2v) is 5.37. The van der Waals surface area contributed by atoms with Gasteiger partial charge in [0.1, 0.15) is 0 Å². The molecule has 0 saturated carbocycles. The minimum absolute atomic E-state index is 0.0739. The Balaban J connectivity index is 2.14. The maximum absolute atomic E-state index is 11.8. The highest BCUT2D eigenvalue weighted by Gasteiger charge is 2.06. The maximum atomic E-state index is 11.8. The van der Waals surface area contributed by atoms with Crippen LogP contribution in [0.5, 0.6) is 0 Å². The highest BCUT2D eigenvalue weighted by atomic mass is 32.1. The van der Waals surface area contributed by atoms with Gasteiger partial charge < -0.3 is 15.0 Å². The minimum atomic E-state index is -1.07. The fraction of sp³-hybridized carbons (Fsp3) is 0.200. The largest absolute Gasteiger partial charge is 0.478 e. The van der Waals surface area contributed by atoms with Gasteiger partial charge in [-0.25, -0.2) is 4.79 Å². The molecule has 22 heavy (non-hydrogen) atoms. The molecule has 0 aliphatic heterocycles. The SMILES string of the molecule is CC(=S)NCc1ccc(Cn2cc(C(=O)O)ccc2=O)cn1. The average Bonchev–Trinajstić information content (AvgIpc) is 2.48. The van der Waals surface area contributed by atoms with Crippen LogP contribution in [0, 0.1) is 0 Å². The van der Waals surface area contributed by atoms with E-state index in [1.165, 1.54) is 22.9 Å². The molecule has 2 aromatic heterocycles. The number of carboxylic acid groups (broad SMARTS) is 1. The lowest BCUT2D eigenvalue weighted by Crippen LogP contribution is -2.21. The number of thiocarbonyl (C=S) groups is 1. The number of carboxylic acids is 1. The predicted molar refractivity (Wildman–Crippen MR) is 86.1 cm³/mol. The van der Waals surface area contributed by atoms with Crippen LogP contribution >= 0.6 is 12.2 Å². The van der Waals surface area contributed by atoms with E-state index in [-0.39, 0.29) is 17.7 Å². The summed E-state index contributed by atoms with van der Waals surface area (Å²) >= 11 is 4.93. The number of nitrogens with one attached hydrogen (secondary N) is 1. The smallest absolute Gasteiger partial charge is 0.337 e. The van der Waals surface area contributed by atoms with Crippen molar-refractivity contribution >= 4 is 23.2 Å². The third-order valence-corrected chi connectivity index (χ3v) is 3.13. The van der Waals surface area contributed by atoms with Gasteiger partial charge in [0.25, 0.3) is 5.56 Å². The van der Waals surface area contributed by atoms with Gasteiger partial charge in [-0.3, -0.25) is 9.78 Å². The molecule has 0 fully saturated rings. The third-order valence-electron chi connectivity index (χ3n) is 2.99. The van der Waals surface area contributed by atoms with Gasteiger partial charge in [-0.2, -0.15) is 0 Å². The predicted octanol–water partition coefficient (Wildman–Crippen LogP) is 1.43. The van der Waals surface area contributed by atoms with E-state index in [9.17, 15) is 9.59 Å². The van der Waals surface area contributed by atoms with Gasteiger partial charge in [-0.15, -0.1) is 0 Å². The molecule has 0 bridgehead atoms. The Morgan fingerprint density at radius 2 is 2.14 bits per heavy atom. The van der Waals surface area contributed by atoms with Crippen LogP contribution in [0.15, 0.2) is 41.5 Å². The van der Waals surface area contributed by atoms with Crippen molar-refractivity contribution in [3.8, 4) is 0 Å². The van der Waals surface area contributed by atoms with E-state index in [1.54, 1.807) is 13.1 Å². The van der Waals surface area contributed by atoms with Crippen LogP contribution in [-0.4, -0.2) is 25.6 Å². The first-order valence-corrected chi connectivity index (χ1v) is 6.98. The molecule has 2 heterocycles. The van der Waals surface area contributed by atoms with Gasteiger partial charge in [0.2, 0.25) is 0 Å². The zero-order valence-corrected chi connectivity index (χ0v) is 12.8. The molecular formula is C15H15N3O3S. The molecule has 0 amide bonds. The van der Waals surface area contributed by atoms with E-state index in [1.807, 2.05) is 12.1 Å². The van der Waals surface area contributed by atoms with E-state index in [2.05, 4.69) is 10.3 Å². The number of carbonyl (C=O) groups is 1. The quantitative estimate of drug-likeness (QED) is 0.812. The molecule has 2 aromatic rings. The normalized spacial score (nSPS) is 10.2. The van der Waals surface area contributed by atoms with Crippen molar-refractivity contribution in [1.82, 2.24) is 14.9 Å². The molecule has 2 rings (SSSR count). The molecule has 0 unspecified atom stereocenters. The number of nitrogens with zero attached hydrogens (tertiary/aromatic N) is 2. The fourth-order valence-electron chi connectivity index (χ4n) is 1.85. The first-order valence-electron chi connectivity index (χ1n) is 6.58. The lowest BCUT2D eigenvalue weighted by atomic mass is 10.2. The first-order chi connectivity index (χ1) is 10.5. The van der Waals surface area contributed by atoms with Gasteiger partial charge in [-0.1, -0.05) is 18.3 Å². The zero-order valence-electron chi connectivity index (χ0n) is 11.9. The molecule has 7 heteroatoms. The molecule has 0 atom stereocenters. The van der Waals surface area contributed by atoms with Crippen molar-refractivity contribution in [2.75, 3.05) is 0 Å². The Hall–Kier alpha value is -2.54. The van der Waals surface area contributed by atoms with Crippen molar-refractivity contribution in [2.24, 2.45) is 0 Å². The molecule has 0 spiro atoms. The monoisotopic (exact) mass is 317 g/mol. The van der Waals surface area contributed by atoms with Crippen LogP contribution in [0.3, 0.4) is 0 Å². The average molecular weight is 317 g/mol. The molecule has 0 saturated heterocycles. The summed E-state index contributed by atoms with van der Waals surface area (Å²) in [5.74, 6) is -1.07. The Labute approximate surface area is 132 Å². The molecule has 114 valence electrons. The van der Waals surface area contributed by atoms with Crippen LogP contribution in [0.2, 0.25) is 0 Å². The molecule has 0 aliphatic carbocycles. The lowest BCUT2D eigenvalue weighted by Gasteiger charge is -2.08. The number of hydrogen-bond acceptors (Lipinski definition) is 4. The lowest BCUT2D eigenvalue weighted by molar-refractivity contribution is 0.0696. The van der Waals surface area contributed by atoms with E-state index >= 15 is 0 Å². The highest BCUT2D eigenvalue weighted by Crippen LogP contribution is 2.04. The van der Waals surface area contributed by atoms with Gasteiger partial charge in [0, 0.05) is 18.5 Å². The first kappa shape index (κ1) is 15.8. The van der Waals surface area contributed by atoms with Gasteiger partial charge in [0.05, 0.1) is 29.3 Å². The molecule has 0 aliphatic rings. The second-order valence-electron chi connectivity index (χ2n) is 4.76. The maximum Gasteiger partial charge on any atom is 0.337 e. The van der Waals surface area contributed by atoms with Crippen LogP contribution in [0.1, 0.15) is 28.5 Å². The number of rotatable bonds is 5. The van der Waals surface area contributed by atoms with Crippen LogP contribution < -0.4 is 10.9 Å². The number of pyridine rings is 2.